The first-order chi connectivity index (χ1) is 13.2. The minimum atomic E-state index is -3.47. The molecule has 0 aliphatic carbocycles. The fourth-order valence-electron chi connectivity index (χ4n) is 3.24. The van der Waals surface area contributed by atoms with Gasteiger partial charge in [-0.15, -0.1) is 11.3 Å². The van der Waals surface area contributed by atoms with E-state index in [2.05, 4.69) is 21.2 Å². The first-order valence-corrected chi connectivity index (χ1v) is 12.1. The molecule has 1 aromatic heterocycles. The third kappa shape index (κ3) is 4.83. The Morgan fingerprint density at radius 1 is 1.14 bits per heavy atom. The lowest BCUT2D eigenvalue weighted by molar-refractivity contribution is -0.117. The molecule has 1 aliphatic rings. The first-order valence-electron chi connectivity index (χ1n) is 9.02. The molecule has 152 valence electrons. The van der Waals surface area contributed by atoms with E-state index in [0.717, 1.165) is 25.5 Å². The van der Waals surface area contributed by atoms with Crippen LogP contribution in [-0.2, 0) is 14.8 Å². The van der Waals surface area contributed by atoms with Gasteiger partial charge in [0.2, 0.25) is 15.9 Å². The molecule has 1 amide bonds. The summed E-state index contributed by atoms with van der Waals surface area (Å²) in [4.78, 5) is 16.6. The molecule has 1 aromatic carbocycles. The average molecular weight is 486 g/mol. The van der Waals surface area contributed by atoms with Gasteiger partial charge in [-0.25, -0.2) is 8.42 Å². The van der Waals surface area contributed by atoms with Crippen LogP contribution in [0.15, 0.2) is 33.6 Å². The fourth-order valence-corrected chi connectivity index (χ4v) is 6.78. The molecule has 6 nitrogen and oxygen atoms in total. The Labute approximate surface area is 178 Å². The molecule has 28 heavy (non-hydrogen) atoms. The predicted molar refractivity (Wildman–Crippen MR) is 117 cm³/mol. The summed E-state index contributed by atoms with van der Waals surface area (Å²) in [7, 11) is -3.47. The third-order valence-electron chi connectivity index (χ3n) is 4.71. The molecule has 0 atom stereocenters. The number of aryl methyl sites for hydroxylation is 3. The highest BCUT2D eigenvalue weighted by molar-refractivity contribution is 9.10. The monoisotopic (exact) mass is 485 g/mol. The van der Waals surface area contributed by atoms with E-state index in [1.54, 1.807) is 6.07 Å². The maximum atomic E-state index is 12.9. The number of thiophene rings is 1. The fraction of sp³-hybridized carbons (Fsp3) is 0.421. The van der Waals surface area contributed by atoms with E-state index < -0.39 is 10.0 Å². The molecule has 0 saturated carbocycles. The topological polar surface area (TPSA) is 69.7 Å². The number of rotatable bonds is 5. The third-order valence-corrected chi connectivity index (χ3v) is 8.49. The van der Waals surface area contributed by atoms with Crippen LogP contribution >= 0.6 is 27.3 Å². The number of sulfonamides is 1. The zero-order valence-electron chi connectivity index (χ0n) is 16.2. The number of hydrogen-bond donors (Lipinski definition) is 1. The zero-order chi connectivity index (χ0) is 20.5. The highest BCUT2D eigenvalue weighted by Gasteiger charge is 2.31. The molecular weight excluding hydrogens is 462 g/mol. The maximum Gasteiger partial charge on any atom is 0.244 e. The normalized spacial score (nSPS) is 16.3. The molecule has 3 rings (SSSR count). The summed E-state index contributed by atoms with van der Waals surface area (Å²) in [6.45, 7) is 7.83. The Morgan fingerprint density at radius 3 is 2.39 bits per heavy atom. The number of hydrogen-bond acceptors (Lipinski definition) is 5. The molecule has 1 aliphatic heterocycles. The molecule has 0 bridgehead atoms. The molecular formula is C19H24BrN3O3S2. The smallest absolute Gasteiger partial charge is 0.244 e. The summed E-state index contributed by atoms with van der Waals surface area (Å²) in [6, 6.07) is 7.51. The van der Waals surface area contributed by atoms with Crippen molar-refractivity contribution in [1.82, 2.24) is 9.21 Å². The van der Waals surface area contributed by atoms with Crippen LogP contribution in [0, 0.1) is 20.8 Å². The van der Waals surface area contributed by atoms with Crippen molar-refractivity contribution in [3.63, 3.8) is 0 Å². The largest absolute Gasteiger partial charge is 0.324 e. The number of carbonyl (C=O) groups excluding carboxylic acids is 1. The number of amides is 1. The molecule has 9 heteroatoms. The van der Waals surface area contributed by atoms with E-state index in [-0.39, 0.29) is 12.5 Å². The second kappa shape index (κ2) is 8.62. The van der Waals surface area contributed by atoms with Crippen molar-refractivity contribution in [3.8, 4) is 0 Å². The number of halogens is 1. The number of nitrogens with one attached hydrogen (secondary N) is 1. The molecule has 1 N–H and O–H groups in total. The predicted octanol–water partition coefficient (Wildman–Crippen LogP) is 3.38. The standard InChI is InChI=1S/C19H24BrN3O3S2/c1-13-4-5-17(16(20)10-13)21-19(24)12-22-6-8-23(9-7-22)28(25,26)18-11-14(2)27-15(18)3/h4-5,10-11H,6-9,12H2,1-3H3,(H,21,24). The van der Waals surface area contributed by atoms with Gasteiger partial charge in [0.1, 0.15) is 0 Å². The lowest BCUT2D eigenvalue weighted by Gasteiger charge is -2.33. The molecule has 2 aromatic rings. The van der Waals surface area contributed by atoms with Gasteiger partial charge in [0.25, 0.3) is 0 Å². The van der Waals surface area contributed by atoms with Crippen LogP contribution < -0.4 is 5.32 Å². The van der Waals surface area contributed by atoms with Crippen molar-refractivity contribution in [2.75, 3.05) is 38.0 Å². The van der Waals surface area contributed by atoms with Crippen LogP contribution in [0.25, 0.3) is 0 Å². The first kappa shape index (κ1) is 21.4. The van der Waals surface area contributed by atoms with Crippen molar-refractivity contribution in [2.45, 2.75) is 25.7 Å². The van der Waals surface area contributed by atoms with E-state index in [4.69, 9.17) is 0 Å². The second-order valence-electron chi connectivity index (χ2n) is 6.99. The van der Waals surface area contributed by atoms with Gasteiger partial charge in [0.15, 0.2) is 0 Å². The maximum absolute atomic E-state index is 12.9. The van der Waals surface area contributed by atoms with Gasteiger partial charge in [-0.2, -0.15) is 4.31 Å². The Kier molecular flexibility index (Phi) is 6.61. The number of nitrogens with zero attached hydrogens (tertiary/aromatic N) is 2. The van der Waals surface area contributed by atoms with Gasteiger partial charge in [-0.05, 0) is 60.5 Å². The van der Waals surface area contributed by atoms with Crippen LogP contribution in [0.4, 0.5) is 5.69 Å². The van der Waals surface area contributed by atoms with Gasteiger partial charge in [-0.3, -0.25) is 9.69 Å². The minimum Gasteiger partial charge on any atom is -0.324 e. The summed E-state index contributed by atoms with van der Waals surface area (Å²) >= 11 is 4.96. The minimum absolute atomic E-state index is 0.106. The van der Waals surface area contributed by atoms with E-state index in [1.807, 2.05) is 43.9 Å². The number of benzene rings is 1. The van der Waals surface area contributed by atoms with Gasteiger partial charge in [0.05, 0.1) is 17.1 Å². The lowest BCUT2D eigenvalue weighted by atomic mass is 10.2. The van der Waals surface area contributed by atoms with Crippen LogP contribution in [0.3, 0.4) is 0 Å². The van der Waals surface area contributed by atoms with Crippen LogP contribution in [0.1, 0.15) is 15.3 Å². The number of piperazine rings is 1. The number of anilines is 1. The van der Waals surface area contributed by atoms with Crippen LogP contribution in [-0.4, -0.2) is 56.3 Å². The van der Waals surface area contributed by atoms with Gasteiger partial charge < -0.3 is 5.32 Å². The molecule has 2 heterocycles. The lowest BCUT2D eigenvalue weighted by Crippen LogP contribution is -2.50. The Hall–Kier alpha value is -1.26. The zero-order valence-corrected chi connectivity index (χ0v) is 19.4. The summed E-state index contributed by atoms with van der Waals surface area (Å²) in [6.07, 6.45) is 0. The van der Waals surface area contributed by atoms with Crippen LogP contribution in [0.2, 0.25) is 0 Å². The van der Waals surface area contributed by atoms with Crippen LogP contribution in [0.5, 0.6) is 0 Å². The Bertz CT molecular complexity index is 980. The van der Waals surface area contributed by atoms with Crippen molar-refractivity contribution < 1.29 is 13.2 Å². The highest BCUT2D eigenvalue weighted by Crippen LogP contribution is 2.28. The molecule has 0 spiro atoms. The van der Waals surface area contributed by atoms with Crippen molar-refractivity contribution in [2.24, 2.45) is 0 Å². The Morgan fingerprint density at radius 2 is 1.82 bits per heavy atom. The summed E-state index contributed by atoms with van der Waals surface area (Å²) in [5.74, 6) is -0.106. The van der Waals surface area contributed by atoms with E-state index >= 15 is 0 Å². The van der Waals surface area contributed by atoms with Gasteiger partial charge >= 0.3 is 0 Å². The summed E-state index contributed by atoms with van der Waals surface area (Å²) in [5.41, 5.74) is 1.85. The number of carbonyl (C=O) groups is 1. The van der Waals surface area contributed by atoms with Gasteiger partial charge in [-0.1, -0.05) is 6.07 Å². The van der Waals surface area contributed by atoms with Crippen molar-refractivity contribution in [1.29, 1.82) is 0 Å². The van der Waals surface area contributed by atoms with E-state index in [0.29, 0.717) is 31.1 Å². The highest BCUT2D eigenvalue weighted by atomic mass is 79.9. The van der Waals surface area contributed by atoms with E-state index in [9.17, 15) is 13.2 Å². The average Bonchev–Trinajstić information content (AvgIpc) is 2.97. The quantitative estimate of drug-likeness (QED) is 0.704. The molecule has 0 unspecified atom stereocenters. The van der Waals surface area contributed by atoms with Gasteiger partial charge in [0, 0.05) is 40.4 Å². The molecule has 1 saturated heterocycles. The molecule has 1 fully saturated rings. The van der Waals surface area contributed by atoms with E-state index in [1.165, 1.54) is 15.6 Å². The summed E-state index contributed by atoms with van der Waals surface area (Å²) < 4.78 is 28.1. The Balaban J connectivity index is 1.56. The SMILES string of the molecule is Cc1ccc(NC(=O)CN2CCN(S(=O)(=O)c3cc(C)sc3C)CC2)c(Br)c1. The van der Waals surface area contributed by atoms with Crippen molar-refractivity contribution in [3.05, 3.63) is 44.1 Å². The molecule has 0 radical (unpaired) electrons. The van der Waals surface area contributed by atoms with Crippen molar-refractivity contribution >= 4 is 48.9 Å². The summed E-state index contributed by atoms with van der Waals surface area (Å²) in [5, 5.41) is 2.90. The second-order valence-corrected chi connectivity index (χ2v) is 11.2.